The van der Waals surface area contributed by atoms with Crippen molar-refractivity contribution in [3.8, 4) is 0 Å². The zero-order valence-electron chi connectivity index (χ0n) is 11.0. The van der Waals surface area contributed by atoms with Crippen molar-refractivity contribution in [2.75, 3.05) is 6.54 Å². The van der Waals surface area contributed by atoms with Crippen LogP contribution in [-0.4, -0.2) is 23.2 Å². The Morgan fingerprint density at radius 2 is 2.15 bits per heavy atom. The number of halogens is 1. The van der Waals surface area contributed by atoms with Crippen LogP contribution in [0.1, 0.15) is 11.1 Å². The maximum absolute atomic E-state index is 12.5. The van der Waals surface area contributed by atoms with Crippen LogP contribution in [0.5, 0.6) is 0 Å². The quantitative estimate of drug-likeness (QED) is 0.780. The highest BCUT2D eigenvalue weighted by molar-refractivity contribution is 7.87. The van der Waals surface area contributed by atoms with Crippen LogP contribution < -0.4 is 4.57 Å². The summed E-state index contributed by atoms with van der Waals surface area (Å²) in [5.74, 6) is 0. The van der Waals surface area contributed by atoms with Crippen LogP contribution in [0, 0.1) is 0 Å². The van der Waals surface area contributed by atoms with E-state index in [1.165, 1.54) is 8.28 Å². The molecule has 0 saturated heterocycles. The monoisotopic (exact) mass is 312 g/mol. The number of imidazole rings is 1. The molecule has 0 atom stereocenters. The van der Waals surface area contributed by atoms with E-state index in [1.54, 1.807) is 30.3 Å². The highest BCUT2D eigenvalue weighted by Crippen LogP contribution is 2.27. The fourth-order valence-corrected chi connectivity index (χ4v) is 4.09. The van der Waals surface area contributed by atoms with E-state index in [0.717, 1.165) is 11.1 Å². The minimum atomic E-state index is -3.51. The second-order valence-electron chi connectivity index (χ2n) is 4.88. The molecule has 0 bridgehead atoms. The molecule has 0 unspecified atom stereocenters. The van der Waals surface area contributed by atoms with Gasteiger partial charge in [-0.2, -0.15) is 12.7 Å². The summed E-state index contributed by atoms with van der Waals surface area (Å²) in [6.45, 7) is 0.807. The first-order chi connectivity index (χ1) is 9.48. The molecule has 1 aromatic heterocycles. The minimum Gasteiger partial charge on any atom is -0.238 e. The van der Waals surface area contributed by atoms with Gasteiger partial charge in [0.05, 0.1) is 7.05 Å². The zero-order valence-corrected chi connectivity index (χ0v) is 12.6. The van der Waals surface area contributed by atoms with Gasteiger partial charge in [-0.05, 0) is 23.6 Å². The van der Waals surface area contributed by atoms with Gasteiger partial charge in [-0.1, -0.05) is 23.7 Å². The fourth-order valence-electron chi connectivity index (χ4n) is 2.43. The van der Waals surface area contributed by atoms with Gasteiger partial charge in [-0.15, -0.1) is 3.97 Å². The maximum atomic E-state index is 12.5. The molecule has 3 rings (SSSR count). The summed E-state index contributed by atoms with van der Waals surface area (Å²) in [7, 11) is -1.72. The molecule has 2 heterocycles. The predicted octanol–water partition coefficient (Wildman–Crippen LogP) is 1.12. The largest absolute Gasteiger partial charge is 0.380 e. The molecule has 1 aromatic carbocycles. The molecule has 1 aliphatic heterocycles. The van der Waals surface area contributed by atoms with Crippen molar-refractivity contribution in [3.63, 3.8) is 0 Å². The smallest absolute Gasteiger partial charge is 0.238 e. The number of fused-ring (bicyclic) bond motifs is 1. The van der Waals surface area contributed by atoms with E-state index in [1.807, 2.05) is 18.2 Å². The molecule has 7 heteroatoms. The first kappa shape index (κ1) is 13.6. The number of hydrogen-bond donors (Lipinski definition) is 0. The maximum Gasteiger partial charge on any atom is 0.380 e. The van der Waals surface area contributed by atoms with Crippen molar-refractivity contribution in [3.05, 3.63) is 53.1 Å². The molecule has 0 aliphatic carbocycles. The average molecular weight is 313 g/mol. The number of rotatable bonds is 2. The molecule has 106 valence electrons. The molecule has 20 heavy (non-hydrogen) atoms. The zero-order chi connectivity index (χ0) is 14.3. The van der Waals surface area contributed by atoms with Crippen LogP contribution in [0.25, 0.3) is 0 Å². The minimum absolute atomic E-state index is 0.361. The van der Waals surface area contributed by atoms with Crippen molar-refractivity contribution in [1.29, 1.82) is 0 Å². The number of hydrogen-bond acceptors (Lipinski definition) is 2. The van der Waals surface area contributed by atoms with Crippen molar-refractivity contribution in [2.45, 2.75) is 13.0 Å². The summed E-state index contributed by atoms with van der Waals surface area (Å²) in [6.07, 6.45) is 5.43. The Labute approximate surface area is 123 Å². The van der Waals surface area contributed by atoms with Crippen molar-refractivity contribution < 1.29 is 13.0 Å². The number of nitrogens with zero attached hydrogens (tertiary/aromatic N) is 3. The van der Waals surface area contributed by atoms with Crippen LogP contribution in [0.2, 0.25) is 5.02 Å². The summed E-state index contributed by atoms with van der Waals surface area (Å²) >= 11 is 6.15. The Hall–Kier alpha value is -1.37. The second kappa shape index (κ2) is 4.87. The number of aromatic nitrogens is 2. The van der Waals surface area contributed by atoms with E-state index in [-0.39, 0.29) is 0 Å². The molecule has 5 nitrogen and oxygen atoms in total. The van der Waals surface area contributed by atoms with Crippen LogP contribution in [0.15, 0.2) is 36.9 Å². The van der Waals surface area contributed by atoms with Gasteiger partial charge in [0.2, 0.25) is 0 Å². The Bertz CT molecular complexity index is 755. The first-order valence-corrected chi connectivity index (χ1v) is 8.06. The fraction of sp³-hybridized carbons (Fsp3) is 0.308. The van der Waals surface area contributed by atoms with Crippen LogP contribution in [0.4, 0.5) is 0 Å². The van der Waals surface area contributed by atoms with Gasteiger partial charge in [0.15, 0.2) is 0 Å². The molecule has 0 spiro atoms. The Morgan fingerprint density at radius 3 is 2.85 bits per heavy atom. The third-order valence-corrected chi connectivity index (χ3v) is 5.58. The van der Waals surface area contributed by atoms with Crippen molar-refractivity contribution in [2.24, 2.45) is 7.05 Å². The van der Waals surface area contributed by atoms with Crippen LogP contribution >= 0.6 is 11.6 Å². The Kier molecular flexibility index (Phi) is 3.32. The standard InChI is InChI=1S/C13H15ClN3O2S/c1-15-7-8-17(10-15)20(18,19)16-6-5-12-11(9-16)3-2-4-13(12)14/h2-4,7-8,10H,5-6,9H2,1H3/q+1. The summed E-state index contributed by atoms with van der Waals surface area (Å²) < 4.78 is 29.5. The highest BCUT2D eigenvalue weighted by atomic mass is 35.5. The third kappa shape index (κ3) is 2.24. The molecule has 1 aliphatic rings. The van der Waals surface area contributed by atoms with Gasteiger partial charge in [0.1, 0.15) is 12.4 Å². The van der Waals surface area contributed by atoms with Crippen LogP contribution in [0.3, 0.4) is 0 Å². The van der Waals surface area contributed by atoms with E-state index in [9.17, 15) is 8.42 Å². The molecule has 2 aromatic rings. The molecule has 0 saturated carbocycles. The molecular weight excluding hydrogens is 298 g/mol. The second-order valence-corrected chi connectivity index (χ2v) is 7.12. The normalized spacial score (nSPS) is 16.1. The van der Waals surface area contributed by atoms with Gasteiger partial charge in [-0.3, -0.25) is 0 Å². The van der Waals surface area contributed by atoms with Gasteiger partial charge in [0, 0.05) is 18.1 Å². The first-order valence-electron chi connectivity index (χ1n) is 6.28. The predicted molar refractivity (Wildman–Crippen MR) is 75.5 cm³/mol. The SMILES string of the molecule is C[n+]1ccn(S(=O)(=O)N2CCc3c(Cl)cccc3C2)c1. The summed E-state index contributed by atoms with van der Waals surface area (Å²) in [6, 6.07) is 5.63. The average Bonchev–Trinajstić information content (AvgIpc) is 2.86. The lowest BCUT2D eigenvalue weighted by Gasteiger charge is -2.26. The molecule has 0 N–H and O–H groups in total. The van der Waals surface area contributed by atoms with Gasteiger partial charge >= 0.3 is 10.2 Å². The van der Waals surface area contributed by atoms with E-state index in [4.69, 9.17) is 11.6 Å². The Balaban J connectivity index is 1.94. The molecule has 0 amide bonds. The van der Waals surface area contributed by atoms with E-state index < -0.39 is 10.2 Å². The number of benzene rings is 1. The van der Waals surface area contributed by atoms with E-state index in [2.05, 4.69) is 0 Å². The lowest BCUT2D eigenvalue weighted by atomic mass is 10.0. The summed E-state index contributed by atoms with van der Waals surface area (Å²) in [5.41, 5.74) is 2.03. The topological polar surface area (TPSA) is 46.2 Å². The van der Waals surface area contributed by atoms with Gasteiger partial charge in [-0.25, -0.2) is 4.57 Å². The third-order valence-electron chi connectivity index (χ3n) is 3.51. The highest BCUT2D eigenvalue weighted by Gasteiger charge is 2.32. The van der Waals surface area contributed by atoms with Gasteiger partial charge in [0.25, 0.3) is 6.33 Å². The van der Waals surface area contributed by atoms with Crippen molar-refractivity contribution >= 4 is 21.8 Å². The Morgan fingerprint density at radius 1 is 1.35 bits per heavy atom. The lowest BCUT2D eigenvalue weighted by molar-refractivity contribution is -0.670. The summed E-state index contributed by atoms with van der Waals surface area (Å²) in [5, 5.41) is 0.715. The number of aryl methyl sites for hydroxylation is 1. The van der Waals surface area contributed by atoms with Gasteiger partial charge < -0.3 is 0 Å². The van der Waals surface area contributed by atoms with Crippen LogP contribution in [-0.2, 0) is 30.2 Å². The van der Waals surface area contributed by atoms with Crippen molar-refractivity contribution in [1.82, 2.24) is 8.28 Å². The molecule has 0 radical (unpaired) electrons. The summed E-state index contributed by atoms with van der Waals surface area (Å²) in [4.78, 5) is 0. The lowest BCUT2D eigenvalue weighted by Crippen LogP contribution is -2.39. The molecule has 0 fully saturated rings. The van der Waals surface area contributed by atoms with E-state index >= 15 is 0 Å². The molecular formula is C13H15ClN3O2S+. The van der Waals surface area contributed by atoms with E-state index in [0.29, 0.717) is 24.5 Å².